The predicted octanol–water partition coefficient (Wildman–Crippen LogP) is 8.15. The number of hydrogen-bond donors (Lipinski definition) is 0. The minimum Gasteiger partial charge on any atom is -0.390 e. The zero-order chi connectivity index (χ0) is 27.3. The molecule has 2 aromatic rings. The van der Waals surface area contributed by atoms with Gasteiger partial charge < -0.3 is 18.3 Å². The van der Waals surface area contributed by atoms with E-state index in [4.69, 9.17) is 18.3 Å². The van der Waals surface area contributed by atoms with Crippen LogP contribution in [0.5, 0.6) is 0 Å². The lowest BCUT2D eigenvalue weighted by atomic mass is 9.84. The molecule has 0 radical (unpaired) electrons. The van der Waals surface area contributed by atoms with Crippen molar-refractivity contribution in [1.29, 1.82) is 0 Å². The number of hydrogen-bond acceptors (Lipinski definition) is 4. The van der Waals surface area contributed by atoms with E-state index < -0.39 is 8.56 Å². The summed E-state index contributed by atoms with van der Waals surface area (Å²) >= 11 is 0. The second-order valence-corrected chi connectivity index (χ2v) is 17.8. The van der Waals surface area contributed by atoms with Crippen LogP contribution in [0.15, 0.2) is 60.7 Å². The van der Waals surface area contributed by atoms with Gasteiger partial charge in [-0.1, -0.05) is 123 Å². The summed E-state index contributed by atoms with van der Waals surface area (Å²) in [5.74, 6) is 0.731. The Bertz CT molecular complexity index is 857. The summed E-state index contributed by atoms with van der Waals surface area (Å²) in [6.45, 7) is 23.2. The van der Waals surface area contributed by atoms with E-state index in [1.54, 1.807) is 0 Å². The van der Waals surface area contributed by atoms with Crippen molar-refractivity contribution >= 4 is 8.56 Å². The van der Waals surface area contributed by atoms with E-state index in [9.17, 15) is 0 Å². The molecule has 5 heteroatoms. The fourth-order valence-electron chi connectivity index (χ4n) is 5.98. The molecular formula is C32H50O4Si. The molecule has 1 saturated heterocycles. The first-order valence-corrected chi connectivity index (χ1v) is 15.8. The van der Waals surface area contributed by atoms with Crippen molar-refractivity contribution in [3.05, 3.63) is 71.8 Å². The van der Waals surface area contributed by atoms with Gasteiger partial charge in [0.05, 0.1) is 38.6 Å². The molecule has 0 amide bonds. The predicted molar refractivity (Wildman–Crippen MR) is 155 cm³/mol. The van der Waals surface area contributed by atoms with Gasteiger partial charge in [0, 0.05) is 27.8 Å². The molecule has 5 atom stereocenters. The normalized spacial score (nSPS) is 24.0. The first-order valence-electron chi connectivity index (χ1n) is 13.9. The van der Waals surface area contributed by atoms with Crippen LogP contribution < -0.4 is 0 Å². The minimum absolute atomic E-state index is 0.0659. The van der Waals surface area contributed by atoms with Crippen LogP contribution >= 0.6 is 0 Å². The Morgan fingerprint density at radius 2 is 1.03 bits per heavy atom. The van der Waals surface area contributed by atoms with Crippen LogP contribution in [0.1, 0.15) is 73.4 Å². The molecule has 2 aromatic carbocycles. The maximum Gasteiger partial charge on any atom is 0.349 e. The SMILES string of the molecule is CC1[C@H]([C@H](C)COCc2ccccc2)O[Si](C(C)(C)C)(C(C)(C)C)O[C@H]1[C@@H](C)COCc1ccccc1. The maximum absolute atomic E-state index is 7.23. The number of ether oxygens (including phenoxy) is 2. The highest BCUT2D eigenvalue weighted by Gasteiger charge is 2.64. The summed E-state index contributed by atoms with van der Waals surface area (Å²) in [4.78, 5) is 0. The molecule has 0 aliphatic carbocycles. The van der Waals surface area contributed by atoms with E-state index in [1.165, 1.54) is 11.1 Å². The standard InChI is InChI=1S/C32H50O4Si/c1-24(20-33-22-27-16-12-10-13-17-27)29-26(3)30(25(2)21-34-23-28-18-14-11-15-19-28)36-37(35-29,31(4,5)6)32(7,8)9/h10-19,24-26,29-30H,20-23H2,1-9H3/t24-,25+,26?,29-,30-/m0/s1. The molecule has 0 spiro atoms. The van der Waals surface area contributed by atoms with Crippen molar-refractivity contribution in [3.8, 4) is 0 Å². The van der Waals surface area contributed by atoms with Crippen molar-refractivity contribution in [3.63, 3.8) is 0 Å². The molecule has 0 aromatic heterocycles. The van der Waals surface area contributed by atoms with E-state index >= 15 is 0 Å². The molecule has 0 bridgehead atoms. The first-order chi connectivity index (χ1) is 17.4. The molecule has 1 heterocycles. The molecule has 1 fully saturated rings. The topological polar surface area (TPSA) is 36.9 Å². The lowest BCUT2D eigenvalue weighted by Gasteiger charge is -2.58. The Morgan fingerprint density at radius 1 is 0.676 bits per heavy atom. The second-order valence-electron chi connectivity index (χ2n) is 13.1. The molecule has 37 heavy (non-hydrogen) atoms. The highest BCUT2D eigenvalue weighted by Crippen LogP contribution is 2.57. The Balaban J connectivity index is 1.78. The molecule has 0 N–H and O–H groups in total. The van der Waals surface area contributed by atoms with Crippen LogP contribution in [-0.4, -0.2) is 34.0 Å². The molecule has 1 unspecified atom stereocenters. The first kappa shape index (κ1) is 30.0. The summed E-state index contributed by atoms with van der Waals surface area (Å²) < 4.78 is 26.9. The van der Waals surface area contributed by atoms with Crippen LogP contribution in [0.25, 0.3) is 0 Å². The fourth-order valence-corrected chi connectivity index (χ4v) is 11.4. The van der Waals surface area contributed by atoms with Crippen molar-refractivity contribution in [1.82, 2.24) is 0 Å². The average Bonchev–Trinajstić information content (AvgIpc) is 2.84. The quantitative estimate of drug-likeness (QED) is 0.293. The van der Waals surface area contributed by atoms with E-state index in [0.717, 1.165) is 0 Å². The van der Waals surface area contributed by atoms with E-state index in [-0.39, 0.29) is 40.0 Å². The Hall–Kier alpha value is -1.50. The van der Waals surface area contributed by atoms with Crippen molar-refractivity contribution < 1.29 is 18.3 Å². The van der Waals surface area contributed by atoms with Gasteiger partial charge in [0.15, 0.2) is 0 Å². The van der Waals surface area contributed by atoms with Gasteiger partial charge in [-0.15, -0.1) is 0 Å². The van der Waals surface area contributed by atoms with E-state index in [0.29, 0.717) is 26.4 Å². The van der Waals surface area contributed by atoms with E-state index in [2.05, 4.69) is 111 Å². The third kappa shape index (κ3) is 7.33. The van der Waals surface area contributed by atoms with Gasteiger partial charge in [-0.25, -0.2) is 0 Å². The van der Waals surface area contributed by atoms with Crippen molar-refractivity contribution in [2.75, 3.05) is 13.2 Å². The molecule has 3 rings (SSSR count). The molecule has 1 aliphatic rings. The molecule has 206 valence electrons. The zero-order valence-electron chi connectivity index (χ0n) is 24.6. The third-order valence-corrected chi connectivity index (χ3v) is 12.9. The third-order valence-electron chi connectivity index (χ3n) is 7.72. The van der Waals surface area contributed by atoms with Crippen LogP contribution in [0, 0.1) is 17.8 Å². The molecule has 0 saturated carbocycles. The van der Waals surface area contributed by atoms with Crippen LogP contribution in [0.4, 0.5) is 0 Å². The lowest BCUT2D eigenvalue weighted by molar-refractivity contribution is -0.120. The van der Waals surface area contributed by atoms with Gasteiger partial charge in [0.25, 0.3) is 0 Å². The van der Waals surface area contributed by atoms with Gasteiger partial charge >= 0.3 is 8.56 Å². The molecule has 4 nitrogen and oxygen atoms in total. The monoisotopic (exact) mass is 526 g/mol. The zero-order valence-corrected chi connectivity index (χ0v) is 25.6. The summed E-state index contributed by atoms with van der Waals surface area (Å²) in [7, 11) is -2.70. The largest absolute Gasteiger partial charge is 0.390 e. The van der Waals surface area contributed by atoms with Gasteiger partial charge in [-0.2, -0.15) is 0 Å². The van der Waals surface area contributed by atoms with Gasteiger partial charge in [-0.05, 0) is 11.1 Å². The molecule has 1 aliphatic heterocycles. The minimum atomic E-state index is -2.70. The average molecular weight is 527 g/mol. The maximum atomic E-state index is 7.23. The molecular weight excluding hydrogens is 476 g/mol. The fraction of sp³-hybridized carbons (Fsp3) is 0.625. The van der Waals surface area contributed by atoms with Crippen molar-refractivity contribution in [2.24, 2.45) is 17.8 Å². The van der Waals surface area contributed by atoms with Crippen LogP contribution in [0.2, 0.25) is 10.1 Å². The summed E-state index contributed by atoms with van der Waals surface area (Å²) in [6.07, 6.45) is 0.132. The smallest absolute Gasteiger partial charge is 0.349 e. The van der Waals surface area contributed by atoms with Crippen LogP contribution in [0.3, 0.4) is 0 Å². The lowest BCUT2D eigenvalue weighted by Crippen LogP contribution is -2.67. The second kappa shape index (κ2) is 12.6. The summed E-state index contributed by atoms with van der Waals surface area (Å²) in [5, 5.41) is -0.172. The Morgan fingerprint density at radius 3 is 1.35 bits per heavy atom. The van der Waals surface area contributed by atoms with E-state index in [1.807, 2.05) is 12.1 Å². The van der Waals surface area contributed by atoms with Gasteiger partial charge in [0.2, 0.25) is 0 Å². The van der Waals surface area contributed by atoms with Gasteiger partial charge in [-0.3, -0.25) is 0 Å². The number of rotatable bonds is 10. The highest BCUT2D eigenvalue weighted by atomic mass is 28.4. The van der Waals surface area contributed by atoms with Crippen LogP contribution in [-0.2, 0) is 31.5 Å². The summed E-state index contributed by atoms with van der Waals surface area (Å²) in [6, 6.07) is 20.8. The van der Waals surface area contributed by atoms with Crippen molar-refractivity contribution in [2.45, 2.75) is 97.8 Å². The van der Waals surface area contributed by atoms with Gasteiger partial charge in [0.1, 0.15) is 0 Å². The number of benzene rings is 2. The Labute approximate surface area is 227 Å². The Kier molecular flexibility index (Phi) is 10.2. The highest BCUT2D eigenvalue weighted by molar-refractivity contribution is 6.73. The summed E-state index contributed by atoms with van der Waals surface area (Å²) in [5.41, 5.74) is 2.40.